The van der Waals surface area contributed by atoms with E-state index in [-0.39, 0.29) is 24.0 Å². The van der Waals surface area contributed by atoms with Crippen LogP contribution in [0.4, 0.5) is 0 Å². The molecule has 1 aromatic heterocycles. The molecule has 0 radical (unpaired) electrons. The Bertz CT molecular complexity index is 712. The number of guanidine groups is 1. The SMILES string of the molecule is CCC1CN(C(=NC)NCCc2cnn(C)c2)CCC1c1ccccc1.I. The predicted molar refractivity (Wildman–Crippen MR) is 123 cm³/mol. The highest BCUT2D eigenvalue weighted by Crippen LogP contribution is 2.34. The third-order valence-corrected chi connectivity index (χ3v) is 5.45. The summed E-state index contributed by atoms with van der Waals surface area (Å²) in [6.45, 7) is 5.32. The summed E-state index contributed by atoms with van der Waals surface area (Å²) in [7, 11) is 3.84. The molecule has 0 saturated carbocycles. The second-order valence-electron chi connectivity index (χ2n) is 7.17. The Labute approximate surface area is 180 Å². The van der Waals surface area contributed by atoms with E-state index in [0.29, 0.717) is 11.8 Å². The van der Waals surface area contributed by atoms with E-state index in [1.54, 1.807) is 0 Å². The van der Waals surface area contributed by atoms with Gasteiger partial charge in [0.25, 0.3) is 0 Å². The number of rotatable bonds is 5. The van der Waals surface area contributed by atoms with Crippen molar-refractivity contribution < 1.29 is 0 Å². The number of aryl methyl sites for hydroxylation is 1. The monoisotopic (exact) mass is 481 g/mol. The lowest BCUT2D eigenvalue weighted by Gasteiger charge is -2.40. The Kier molecular flexibility index (Phi) is 8.60. The van der Waals surface area contributed by atoms with E-state index in [9.17, 15) is 0 Å². The van der Waals surface area contributed by atoms with E-state index < -0.39 is 0 Å². The molecule has 1 aromatic carbocycles. The van der Waals surface area contributed by atoms with Crippen LogP contribution in [-0.4, -0.2) is 47.3 Å². The van der Waals surface area contributed by atoms with Crippen LogP contribution >= 0.6 is 24.0 Å². The van der Waals surface area contributed by atoms with Gasteiger partial charge in [0.2, 0.25) is 0 Å². The summed E-state index contributed by atoms with van der Waals surface area (Å²) in [5, 5.41) is 7.77. The second kappa shape index (κ2) is 10.7. The molecule has 3 rings (SSSR count). The zero-order valence-corrected chi connectivity index (χ0v) is 19.0. The molecule has 6 heteroatoms. The quantitative estimate of drug-likeness (QED) is 0.403. The second-order valence-corrected chi connectivity index (χ2v) is 7.17. The standard InChI is InChI=1S/C21H31N5.HI/c1-4-18-16-26(13-11-20(18)19-8-6-5-7-9-19)21(22-2)23-12-10-17-14-24-25(3)15-17;/h5-9,14-15,18,20H,4,10-13,16H2,1-3H3,(H,22,23);1H. The molecular formula is C21H32IN5. The minimum absolute atomic E-state index is 0. The zero-order chi connectivity index (χ0) is 18.4. The van der Waals surface area contributed by atoms with Crippen LogP contribution in [0.3, 0.4) is 0 Å². The molecule has 1 fully saturated rings. The van der Waals surface area contributed by atoms with Gasteiger partial charge < -0.3 is 10.2 Å². The van der Waals surface area contributed by atoms with Gasteiger partial charge in [0.15, 0.2) is 5.96 Å². The first kappa shape index (κ1) is 21.7. The maximum absolute atomic E-state index is 4.53. The Hall–Kier alpha value is -1.57. The van der Waals surface area contributed by atoms with Crippen LogP contribution in [-0.2, 0) is 13.5 Å². The van der Waals surface area contributed by atoms with E-state index in [0.717, 1.165) is 32.0 Å². The highest BCUT2D eigenvalue weighted by molar-refractivity contribution is 14.0. The van der Waals surface area contributed by atoms with Crippen molar-refractivity contribution in [2.45, 2.75) is 32.1 Å². The minimum atomic E-state index is 0. The average molecular weight is 481 g/mol. The number of likely N-dealkylation sites (tertiary alicyclic amines) is 1. The van der Waals surface area contributed by atoms with E-state index >= 15 is 0 Å². The molecular weight excluding hydrogens is 449 g/mol. The van der Waals surface area contributed by atoms with Crippen molar-refractivity contribution in [2.75, 3.05) is 26.7 Å². The molecule has 1 N–H and O–H groups in total. The number of aromatic nitrogens is 2. The summed E-state index contributed by atoms with van der Waals surface area (Å²) in [6.07, 6.45) is 7.35. The van der Waals surface area contributed by atoms with Gasteiger partial charge in [-0.1, -0.05) is 43.7 Å². The maximum atomic E-state index is 4.53. The van der Waals surface area contributed by atoms with Crippen LogP contribution in [0.1, 0.15) is 36.8 Å². The van der Waals surface area contributed by atoms with Gasteiger partial charge >= 0.3 is 0 Å². The summed E-state index contributed by atoms with van der Waals surface area (Å²) in [5.41, 5.74) is 2.74. The molecule has 5 nitrogen and oxygen atoms in total. The summed E-state index contributed by atoms with van der Waals surface area (Å²) < 4.78 is 1.85. The van der Waals surface area contributed by atoms with E-state index in [1.807, 2.05) is 25.0 Å². The topological polar surface area (TPSA) is 45.4 Å². The van der Waals surface area contributed by atoms with Gasteiger partial charge in [-0.25, -0.2) is 0 Å². The number of benzene rings is 1. The van der Waals surface area contributed by atoms with E-state index in [1.165, 1.54) is 24.0 Å². The van der Waals surface area contributed by atoms with Crippen molar-refractivity contribution in [1.29, 1.82) is 0 Å². The average Bonchev–Trinajstić information content (AvgIpc) is 3.10. The maximum Gasteiger partial charge on any atom is 0.193 e. The molecule has 0 spiro atoms. The first-order valence-electron chi connectivity index (χ1n) is 9.69. The highest BCUT2D eigenvalue weighted by Gasteiger charge is 2.30. The fourth-order valence-corrected chi connectivity index (χ4v) is 4.03. The number of hydrogen-bond acceptors (Lipinski definition) is 2. The van der Waals surface area contributed by atoms with Gasteiger partial charge in [-0.05, 0) is 35.8 Å². The smallest absolute Gasteiger partial charge is 0.193 e. The normalized spacial score (nSPS) is 20.3. The number of nitrogens with zero attached hydrogens (tertiary/aromatic N) is 4. The van der Waals surface area contributed by atoms with Crippen LogP contribution in [0.25, 0.3) is 0 Å². The molecule has 1 aliphatic heterocycles. The number of piperidine rings is 1. The minimum Gasteiger partial charge on any atom is -0.356 e. The first-order chi connectivity index (χ1) is 12.7. The molecule has 0 bridgehead atoms. The molecule has 27 heavy (non-hydrogen) atoms. The van der Waals surface area contributed by atoms with Crippen molar-refractivity contribution >= 4 is 29.9 Å². The van der Waals surface area contributed by atoms with Gasteiger partial charge in [0.1, 0.15) is 0 Å². The molecule has 2 unspecified atom stereocenters. The molecule has 2 atom stereocenters. The van der Waals surface area contributed by atoms with Gasteiger partial charge in [-0.15, -0.1) is 24.0 Å². The van der Waals surface area contributed by atoms with E-state index in [4.69, 9.17) is 0 Å². The molecule has 0 aliphatic carbocycles. The molecule has 2 heterocycles. The van der Waals surface area contributed by atoms with Crippen LogP contribution in [0, 0.1) is 5.92 Å². The van der Waals surface area contributed by atoms with Crippen molar-refractivity contribution in [1.82, 2.24) is 20.0 Å². The van der Waals surface area contributed by atoms with Crippen LogP contribution in [0.5, 0.6) is 0 Å². The first-order valence-corrected chi connectivity index (χ1v) is 9.69. The van der Waals surface area contributed by atoms with Gasteiger partial charge in [-0.3, -0.25) is 9.67 Å². The Morgan fingerprint density at radius 3 is 2.70 bits per heavy atom. The van der Waals surface area contributed by atoms with E-state index in [2.05, 4.69) is 63.8 Å². The fraction of sp³-hybridized carbons (Fsp3) is 0.524. The van der Waals surface area contributed by atoms with Crippen LogP contribution in [0.15, 0.2) is 47.7 Å². The van der Waals surface area contributed by atoms with Crippen molar-refractivity contribution in [3.05, 3.63) is 53.9 Å². The third-order valence-electron chi connectivity index (χ3n) is 5.45. The summed E-state index contributed by atoms with van der Waals surface area (Å²) in [4.78, 5) is 6.95. The molecule has 0 amide bonds. The molecule has 1 saturated heterocycles. The van der Waals surface area contributed by atoms with Gasteiger partial charge in [-0.2, -0.15) is 5.10 Å². The summed E-state index contributed by atoms with van der Waals surface area (Å²) in [5.74, 6) is 2.35. The van der Waals surface area contributed by atoms with Crippen molar-refractivity contribution in [2.24, 2.45) is 18.0 Å². The predicted octanol–water partition coefficient (Wildman–Crippen LogP) is 3.67. The number of hydrogen-bond donors (Lipinski definition) is 1. The number of nitrogens with one attached hydrogen (secondary N) is 1. The lowest BCUT2D eigenvalue weighted by molar-refractivity contribution is 0.216. The van der Waals surface area contributed by atoms with Gasteiger partial charge in [0, 0.05) is 39.9 Å². The summed E-state index contributed by atoms with van der Waals surface area (Å²) in [6, 6.07) is 11.0. The van der Waals surface area contributed by atoms with Crippen molar-refractivity contribution in [3.8, 4) is 0 Å². The molecule has 148 valence electrons. The molecule has 1 aliphatic rings. The largest absolute Gasteiger partial charge is 0.356 e. The third kappa shape index (κ3) is 5.70. The lowest BCUT2D eigenvalue weighted by Crippen LogP contribution is -2.48. The fourth-order valence-electron chi connectivity index (χ4n) is 4.03. The Morgan fingerprint density at radius 1 is 1.30 bits per heavy atom. The Morgan fingerprint density at radius 2 is 2.07 bits per heavy atom. The zero-order valence-electron chi connectivity index (χ0n) is 16.6. The van der Waals surface area contributed by atoms with Crippen molar-refractivity contribution in [3.63, 3.8) is 0 Å². The van der Waals surface area contributed by atoms with Crippen LogP contribution in [0.2, 0.25) is 0 Å². The van der Waals surface area contributed by atoms with Gasteiger partial charge in [0.05, 0.1) is 6.20 Å². The molecule has 2 aromatic rings. The number of aliphatic imine (C=N–C) groups is 1. The van der Waals surface area contributed by atoms with Crippen LogP contribution < -0.4 is 5.32 Å². The lowest BCUT2D eigenvalue weighted by atomic mass is 9.79. The summed E-state index contributed by atoms with van der Waals surface area (Å²) >= 11 is 0. The number of halogens is 1. The Balaban J connectivity index is 0.00000261. The highest BCUT2D eigenvalue weighted by atomic mass is 127.